The molecule has 0 radical (unpaired) electrons. The molecule has 0 bridgehead atoms. The summed E-state index contributed by atoms with van der Waals surface area (Å²) in [5, 5.41) is 3.30. The molecule has 146 valence electrons. The van der Waals surface area contributed by atoms with Gasteiger partial charge >= 0.3 is 0 Å². The van der Waals surface area contributed by atoms with Crippen molar-refractivity contribution in [1.29, 1.82) is 0 Å². The molecule has 0 spiro atoms. The number of carbonyl (C=O) groups excluding carboxylic acids is 1. The third kappa shape index (κ3) is 3.43. The van der Waals surface area contributed by atoms with Crippen molar-refractivity contribution >= 4 is 42.6 Å². The number of nitrogens with zero attached hydrogens (tertiary/aromatic N) is 2. The molecule has 0 unspecified atom stereocenters. The van der Waals surface area contributed by atoms with E-state index in [9.17, 15) is 13.2 Å². The monoisotopic (exact) mass is 415 g/mol. The second-order valence-electron chi connectivity index (χ2n) is 6.97. The Morgan fingerprint density at radius 1 is 1.14 bits per heavy atom. The van der Waals surface area contributed by atoms with Gasteiger partial charge in [0.2, 0.25) is 10.0 Å². The van der Waals surface area contributed by atoms with Crippen molar-refractivity contribution in [2.24, 2.45) is 0 Å². The lowest BCUT2D eigenvalue weighted by molar-refractivity contribution is 0.102. The van der Waals surface area contributed by atoms with Crippen molar-refractivity contribution in [1.82, 2.24) is 9.29 Å². The molecule has 1 aliphatic heterocycles. The predicted octanol–water partition coefficient (Wildman–Crippen LogP) is 3.95. The van der Waals surface area contributed by atoms with Crippen LogP contribution in [0.5, 0.6) is 0 Å². The van der Waals surface area contributed by atoms with Crippen LogP contribution >= 0.6 is 11.3 Å². The maximum atomic E-state index is 12.7. The summed E-state index contributed by atoms with van der Waals surface area (Å²) >= 11 is 1.40. The van der Waals surface area contributed by atoms with Crippen LogP contribution in [0.25, 0.3) is 10.2 Å². The van der Waals surface area contributed by atoms with Crippen LogP contribution in [0.3, 0.4) is 0 Å². The number of benzene rings is 2. The number of hydrogen-bond acceptors (Lipinski definition) is 5. The smallest absolute Gasteiger partial charge is 0.257 e. The summed E-state index contributed by atoms with van der Waals surface area (Å²) in [4.78, 5) is 17.4. The lowest BCUT2D eigenvalue weighted by Gasteiger charge is -2.15. The van der Waals surface area contributed by atoms with E-state index in [1.54, 1.807) is 12.1 Å². The average molecular weight is 416 g/mol. The molecule has 4 rings (SSSR count). The first kappa shape index (κ1) is 19.0. The van der Waals surface area contributed by atoms with Gasteiger partial charge in [-0.15, -0.1) is 0 Å². The first-order valence-corrected chi connectivity index (χ1v) is 11.4. The molecule has 8 heteroatoms. The number of aryl methyl sites for hydroxylation is 2. The zero-order valence-electron chi connectivity index (χ0n) is 15.7. The summed E-state index contributed by atoms with van der Waals surface area (Å²) in [7, 11) is -3.56. The molecule has 0 saturated carbocycles. The topological polar surface area (TPSA) is 79.4 Å². The third-order valence-electron chi connectivity index (χ3n) is 5.10. The van der Waals surface area contributed by atoms with Crippen molar-refractivity contribution in [2.75, 3.05) is 18.4 Å². The number of thiazole rings is 1. The van der Waals surface area contributed by atoms with E-state index >= 15 is 0 Å². The molecule has 1 saturated heterocycles. The number of amides is 1. The van der Waals surface area contributed by atoms with Crippen LogP contribution < -0.4 is 5.32 Å². The second-order valence-corrected chi connectivity index (χ2v) is 9.93. The van der Waals surface area contributed by atoms with Crippen LogP contribution in [-0.4, -0.2) is 36.7 Å². The van der Waals surface area contributed by atoms with E-state index in [-0.39, 0.29) is 10.8 Å². The highest BCUT2D eigenvalue weighted by molar-refractivity contribution is 7.89. The Morgan fingerprint density at radius 3 is 2.64 bits per heavy atom. The quantitative estimate of drug-likeness (QED) is 0.700. The van der Waals surface area contributed by atoms with Gasteiger partial charge in [-0.05, 0) is 62.1 Å². The Kier molecular flexibility index (Phi) is 4.95. The molecule has 28 heavy (non-hydrogen) atoms. The standard InChI is InChI=1S/C20H21N3O3S2/c1-13-8-9-17-18(14(13)2)21-20(27-17)22-19(24)15-6-5-7-16(12-15)28(25,26)23-10-3-4-11-23/h5-9,12H,3-4,10-11H2,1-2H3,(H,21,22,24). The minimum Gasteiger partial charge on any atom is -0.298 e. The highest BCUT2D eigenvalue weighted by atomic mass is 32.2. The van der Waals surface area contributed by atoms with E-state index in [1.807, 2.05) is 26.0 Å². The van der Waals surface area contributed by atoms with Gasteiger partial charge in [0.15, 0.2) is 5.13 Å². The van der Waals surface area contributed by atoms with Gasteiger partial charge in [0.05, 0.1) is 15.1 Å². The van der Waals surface area contributed by atoms with Crippen LogP contribution in [0.4, 0.5) is 5.13 Å². The van der Waals surface area contributed by atoms with Gasteiger partial charge in [-0.2, -0.15) is 4.31 Å². The minimum absolute atomic E-state index is 0.151. The summed E-state index contributed by atoms with van der Waals surface area (Å²) < 4.78 is 28.0. The molecule has 1 fully saturated rings. The minimum atomic E-state index is -3.56. The van der Waals surface area contributed by atoms with Gasteiger partial charge in [-0.25, -0.2) is 13.4 Å². The molecule has 1 N–H and O–H groups in total. The Labute approximate surface area is 168 Å². The van der Waals surface area contributed by atoms with E-state index in [2.05, 4.69) is 10.3 Å². The fourth-order valence-electron chi connectivity index (χ4n) is 3.32. The molecule has 1 aliphatic rings. The van der Waals surface area contributed by atoms with Gasteiger partial charge < -0.3 is 0 Å². The highest BCUT2D eigenvalue weighted by Crippen LogP contribution is 2.30. The Morgan fingerprint density at radius 2 is 1.89 bits per heavy atom. The summed E-state index contributed by atoms with van der Waals surface area (Å²) in [5.74, 6) is -0.369. The molecule has 2 aromatic carbocycles. The lowest BCUT2D eigenvalue weighted by atomic mass is 10.1. The molecule has 3 aromatic rings. The normalized spacial score (nSPS) is 15.2. The largest absolute Gasteiger partial charge is 0.298 e. The number of hydrogen-bond donors (Lipinski definition) is 1. The van der Waals surface area contributed by atoms with Crippen LogP contribution in [0.15, 0.2) is 41.3 Å². The van der Waals surface area contributed by atoms with E-state index in [0.717, 1.165) is 34.2 Å². The van der Waals surface area contributed by atoms with Gasteiger partial charge in [0.1, 0.15) is 0 Å². The maximum absolute atomic E-state index is 12.7. The van der Waals surface area contributed by atoms with Crippen LogP contribution in [0.1, 0.15) is 34.3 Å². The van der Waals surface area contributed by atoms with Crippen LogP contribution in [0, 0.1) is 13.8 Å². The first-order chi connectivity index (χ1) is 13.4. The van der Waals surface area contributed by atoms with E-state index < -0.39 is 10.0 Å². The molecular weight excluding hydrogens is 394 g/mol. The SMILES string of the molecule is Cc1ccc2sc(NC(=O)c3cccc(S(=O)(=O)N4CCCC4)c3)nc2c1C. The maximum Gasteiger partial charge on any atom is 0.257 e. The number of anilines is 1. The zero-order chi connectivity index (χ0) is 19.9. The van der Waals surface area contributed by atoms with Gasteiger partial charge in [-0.1, -0.05) is 23.5 Å². The van der Waals surface area contributed by atoms with E-state index in [4.69, 9.17) is 0 Å². The van der Waals surface area contributed by atoms with E-state index in [1.165, 1.54) is 27.8 Å². The fourth-order valence-corrected chi connectivity index (χ4v) is 5.81. The van der Waals surface area contributed by atoms with Crippen LogP contribution in [-0.2, 0) is 10.0 Å². The number of rotatable bonds is 4. The van der Waals surface area contributed by atoms with Gasteiger partial charge in [-0.3, -0.25) is 10.1 Å². The first-order valence-electron chi connectivity index (χ1n) is 9.14. The van der Waals surface area contributed by atoms with Crippen molar-refractivity contribution in [3.8, 4) is 0 Å². The van der Waals surface area contributed by atoms with Crippen molar-refractivity contribution in [3.05, 3.63) is 53.1 Å². The van der Waals surface area contributed by atoms with Crippen molar-refractivity contribution in [2.45, 2.75) is 31.6 Å². The number of nitrogens with one attached hydrogen (secondary N) is 1. The second kappa shape index (κ2) is 7.27. The average Bonchev–Trinajstić information content (AvgIpc) is 3.35. The molecule has 2 heterocycles. The van der Waals surface area contributed by atoms with Crippen LogP contribution in [0.2, 0.25) is 0 Å². The summed E-state index contributed by atoms with van der Waals surface area (Å²) in [6.07, 6.45) is 1.74. The summed E-state index contributed by atoms with van der Waals surface area (Å²) in [6.45, 7) is 5.10. The van der Waals surface area contributed by atoms with Gasteiger partial charge in [0, 0.05) is 18.7 Å². The molecule has 0 atom stereocenters. The number of sulfonamides is 1. The van der Waals surface area contributed by atoms with Crippen molar-refractivity contribution < 1.29 is 13.2 Å². The highest BCUT2D eigenvalue weighted by Gasteiger charge is 2.27. The van der Waals surface area contributed by atoms with Gasteiger partial charge in [0.25, 0.3) is 5.91 Å². The predicted molar refractivity (Wildman–Crippen MR) is 111 cm³/mol. The third-order valence-corrected chi connectivity index (χ3v) is 7.93. The Bertz CT molecular complexity index is 1160. The number of fused-ring (bicyclic) bond motifs is 1. The number of aromatic nitrogens is 1. The fraction of sp³-hybridized carbons (Fsp3) is 0.300. The summed E-state index contributed by atoms with van der Waals surface area (Å²) in [5.41, 5.74) is 3.42. The zero-order valence-corrected chi connectivity index (χ0v) is 17.4. The van der Waals surface area contributed by atoms with Crippen molar-refractivity contribution in [3.63, 3.8) is 0 Å². The summed E-state index contributed by atoms with van der Waals surface area (Å²) in [6, 6.07) is 10.2. The number of carbonyl (C=O) groups is 1. The molecule has 6 nitrogen and oxygen atoms in total. The lowest BCUT2D eigenvalue weighted by Crippen LogP contribution is -2.28. The molecule has 1 amide bonds. The Hall–Kier alpha value is -2.29. The van der Waals surface area contributed by atoms with E-state index in [0.29, 0.717) is 23.8 Å². The molecule has 1 aromatic heterocycles. The Balaban J connectivity index is 1.60. The molecule has 0 aliphatic carbocycles. The molecular formula is C20H21N3O3S2.